The Hall–Kier alpha value is -4.02. The number of phenols is 1. The second-order valence-electron chi connectivity index (χ2n) is 10.7. The van der Waals surface area contributed by atoms with Crippen LogP contribution < -0.4 is 0 Å². The lowest BCUT2D eigenvalue weighted by Gasteiger charge is -2.44. The first kappa shape index (κ1) is 26.6. The smallest absolute Gasteiger partial charge is 0.303 e. The Kier molecular flexibility index (Phi) is 7.00. The van der Waals surface area contributed by atoms with Gasteiger partial charge in [-0.15, -0.1) is 0 Å². The molecule has 6 atom stereocenters. The van der Waals surface area contributed by atoms with Crippen molar-refractivity contribution in [2.24, 2.45) is 29.6 Å². The minimum Gasteiger partial charge on any atom is -0.508 e. The number of fused-ring (bicyclic) bond motifs is 4. The number of aromatic hydroxyl groups is 1. The maximum atomic E-state index is 13.6. The molecule has 4 amide bonds. The van der Waals surface area contributed by atoms with Crippen LogP contribution in [0.3, 0.4) is 0 Å². The molecular formula is C28H30N2O9. The number of carboxylic acid groups (broad SMARTS) is 2. The lowest BCUT2D eigenvalue weighted by Crippen LogP contribution is -2.43. The number of nitrogens with zero attached hydrogens (tertiary/aromatic N) is 2. The number of hydrogen-bond acceptors (Lipinski definition) is 7. The molecule has 11 heteroatoms. The maximum Gasteiger partial charge on any atom is 0.303 e. The van der Waals surface area contributed by atoms with Crippen LogP contribution in [-0.4, -0.2) is 73.8 Å². The molecule has 2 aliphatic heterocycles. The summed E-state index contributed by atoms with van der Waals surface area (Å²) >= 11 is 0. The van der Waals surface area contributed by atoms with Crippen LogP contribution in [0.15, 0.2) is 35.9 Å². The maximum absolute atomic E-state index is 13.6. The SMILES string of the molecule is O=C(O)CCCN1C(=O)[C@H]2[C@H](CC=C3[C@H]2C[C@H]2C(=O)N(CCCC(=O)O)C(=O)[C@H]2[C@H]3c2ccccc2O)C1=O. The van der Waals surface area contributed by atoms with Crippen LogP contribution in [0.25, 0.3) is 0 Å². The molecule has 0 spiro atoms. The van der Waals surface area contributed by atoms with Gasteiger partial charge in [-0.1, -0.05) is 29.8 Å². The zero-order chi connectivity index (χ0) is 28.0. The summed E-state index contributed by atoms with van der Waals surface area (Å²) in [5, 5.41) is 28.8. The van der Waals surface area contributed by atoms with Crippen LogP contribution in [0.5, 0.6) is 5.75 Å². The number of imide groups is 2. The fraction of sp³-hybridized carbons (Fsp3) is 0.500. The average Bonchev–Trinajstić information content (AvgIpc) is 3.27. The summed E-state index contributed by atoms with van der Waals surface area (Å²) in [6.07, 6.45) is 2.21. The van der Waals surface area contributed by atoms with E-state index in [2.05, 4.69) is 0 Å². The van der Waals surface area contributed by atoms with Crippen molar-refractivity contribution in [1.82, 2.24) is 9.80 Å². The van der Waals surface area contributed by atoms with Gasteiger partial charge in [0.25, 0.3) is 0 Å². The van der Waals surface area contributed by atoms with Crippen molar-refractivity contribution in [2.45, 2.75) is 44.4 Å². The molecule has 2 aliphatic carbocycles. The third-order valence-electron chi connectivity index (χ3n) is 8.65. The summed E-state index contributed by atoms with van der Waals surface area (Å²) in [4.78, 5) is 78.1. The number of amides is 4. The minimum absolute atomic E-state index is 0.00273. The van der Waals surface area contributed by atoms with Crippen LogP contribution in [0.4, 0.5) is 0 Å². The van der Waals surface area contributed by atoms with E-state index in [4.69, 9.17) is 10.2 Å². The molecule has 4 aliphatic rings. The van der Waals surface area contributed by atoms with E-state index in [1.165, 1.54) is 6.07 Å². The van der Waals surface area contributed by atoms with E-state index in [1.54, 1.807) is 18.2 Å². The molecule has 39 heavy (non-hydrogen) atoms. The molecule has 2 heterocycles. The van der Waals surface area contributed by atoms with Crippen molar-refractivity contribution in [3.05, 3.63) is 41.5 Å². The first-order valence-corrected chi connectivity index (χ1v) is 13.2. The molecular weight excluding hydrogens is 508 g/mol. The largest absolute Gasteiger partial charge is 0.508 e. The van der Waals surface area contributed by atoms with Crippen molar-refractivity contribution >= 4 is 35.6 Å². The highest BCUT2D eigenvalue weighted by molar-refractivity contribution is 6.08. The number of rotatable bonds is 9. The number of hydrogen-bond donors (Lipinski definition) is 3. The van der Waals surface area contributed by atoms with Gasteiger partial charge < -0.3 is 15.3 Å². The van der Waals surface area contributed by atoms with Crippen molar-refractivity contribution in [2.75, 3.05) is 13.1 Å². The van der Waals surface area contributed by atoms with Crippen LogP contribution >= 0.6 is 0 Å². The van der Waals surface area contributed by atoms with Gasteiger partial charge in [0.1, 0.15) is 5.75 Å². The number of likely N-dealkylation sites (tertiary alicyclic amines) is 2. The summed E-state index contributed by atoms with van der Waals surface area (Å²) in [6, 6.07) is 6.56. The van der Waals surface area contributed by atoms with E-state index in [1.807, 2.05) is 6.08 Å². The summed E-state index contributed by atoms with van der Waals surface area (Å²) in [7, 11) is 0. The first-order valence-electron chi connectivity index (χ1n) is 13.2. The van der Waals surface area contributed by atoms with E-state index in [0.29, 0.717) is 5.56 Å². The first-order chi connectivity index (χ1) is 18.6. The average molecular weight is 539 g/mol. The fourth-order valence-corrected chi connectivity index (χ4v) is 7.04. The second-order valence-corrected chi connectivity index (χ2v) is 10.7. The Morgan fingerprint density at radius 2 is 1.33 bits per heavy atom. The van der Waals surface area contributed by atoms with Crippen molar-refractivity contribution in [1.29, 1.82) is 0 Å². The zero-order valence-corrected chi connectivity index (χ0v) is 21.2. The van der Waals surface area contributed by atoms with Crippen molar-refractivity contribution in [3.63, 3.8) is 0 Å². The number of para-hydroxylation sites is 1. The van der Waals surface area contributed by atoms with Gasteiger partial charge in [-0.05, 0) is 37.7 Å². The van der Waals surface area contributed by atoms with Gasteiger partial charge in [-0.2, -0.15) is 0 Å². The molecule has 3 fully saturated rings. The third-order valence-corrected chi connectivity index (χ3v) is 8.65. The standard InChI is InChI=1S/C28H30N2O9/c31-19-6-2-1-5-15(19)22-14-9-10-16-23(27(38)29(25(16)36)11-3-7-20(32)33)17(14)13-18-24(22)28(39)30(26(18)37)12-4-8-21(34)35/h1-2,5-6,9,16-18,22-24,31H,3-4,7-8,10-13H2,(H,32,33)(H,34,35)/t16-,17+,18+,22+,23-,24+/m0/s1. The second kappa shape index (κ2) is 10.3. The van der Waals surface area contributed by atoms with Gasteiger partial charge in [-0.3, -0.25) is 38.6 Å². The highest BCUT2D eigenvalue weighted by Crippen LogP contribution is 2.58. The molecule has 5 rings (SSSR count). The molecule has 11 nitrogen and oxygen atoms in total. The number of benzene rings is 1. The lowest BCUT2D eigenvalue weighted by molar-refractivity contribution is -0.143. The number of allylic oxidation sites excluding steroid dienone is 2. The molecule has 2 saturated heterocycles. The van der Waals surface area contributed by atoms with Crippen LogP contribution in [0, 0.1) is 29.6 Å². The normalized spacial score (nSPS) is 29.7. The van der Waals surface area contributed by atoms with Gasteiger partial charge >= 0.3 is 11.9 Å². The molecule has 0 aromatic heterocycles. The Bertz CT molecular complexity index is 1290. The fourth-order valence-electron chi connectivity index (χ4n) is 7.04. The van der Waals surface area contributed by atoms with Gasteiger partial charge in [0.15, 0.2) is 0 Å². The predicted molar refractivity (Wildman–Crippen MR) is 133 cm³/mol. The molecule has 0 bridgehead atoms. The van der Waals surface area contributed by atoms with Crippen LogP contribution in [0.2, 0.25) is 0 Å². The van der Waals surface area contributed by atoms with Gasteiger partial charge in [0.2, 0.25) is 23.6 Å². The molecule has 1 aromatic rings. The Balaban J connectivity index is 1.50. The minimum atomic E-state index is -1.03. The summed E-state index contributed by atoms with van der Waals surface area (Å²) in [6.45, 7) is -0.0300. The van der Waals surface area contributed by atoms with Crippen LogP contribution in [0.1, 0.15) is 50.0 Å². The summed E-state index contributed by atoms with van der Waals surface area (Å²) in [5.74, 6) is -7.82. The van der Waals surface area contributed by atoms with E-state index >= 15 is 0 Å². The highest BCUT2D eigenvalue weighted by atomic mass is 16.4. The number of carbonyl (C=O) groups excluding carboxylic acids is 4. The molecule has 0 unspecified atom stereocenters. The molecule has 1 aromatic carbocycles. The Morgan fingerprint density at radius 3 is 1.92 bits per heavy atom. The van der Waals surface area contributed by atoms with Crippen LogP contribution in [-0.2, 0) is 28.8 Å². The predicted octanol–water partition coefficient (Wildman–Crippen LogP) is 1.76. The Morgan fingerprint density at radius 1 is 0.769 bits per heavy atom. The summed E-state index contributed by atoms with van der Waals surface area (Å²) in [5.41, 5.74) is 1.21. The molecule has 206 valence electrons. The Labute approximate surface area is 224 Å². The van der Waals surface area contributed by atoms with Gasteiger partial charge in [-0.25, -0.2) is 0 Å². The third kappa shape index (κ3) is 4.49. The molecule has 3 N–H and O–H groups in total. The quantitative estimate of drug-likeness (QED) is 0.313. The zero-order valence-electron chi connectivity index (χ0n) is 21.2. The van der Waals surface area contributed by atoms with E-state index in [9.17, 15) is 33.9 Å². The van der Waals surface area contributed by atoms with E-state index in [-0.39, 0.29) is 63.3 Å². The molecule has 0 radical (unpaired) electrons. The van der Waals surface area contributed by atoms with Crippen molar-refractivity contribution in [3.8, 4) is 5.75 Å². The topological polar surface area (TPSA) is 170 Å². The van der Waals surface area contributed by atoms with E-state index in [0.717, 1.165) is 15.4 Å². The van der Waals surface area contributed by atoms with Gasteiger partial charge in [0.05, 0.1) is 23.7 Å². The van der Waals surface area contributed by atoms with E-state index < -0.39 is 65.2 Å². The number of aliphatic carboxylic acids is 2. The van der Waals surface area contributed by atoms with Gasteiger partial charge in [0, 0.05) is 37.4 Å². The number of phenolic OH excluding ortho intramolecular Hbond substituents is 1. The lowest BCUT2D eigenvalue weighted by atomic mass is 9.57. The van der Waals surface area contributed by atoms with Crippen molar-refractivity contribution < 1.29 is 44.1 Å². The number of carboxylic acids is 2. The molecule has 1 saturated carbocycles. The summed E-state index contributed by atoms with van der Waals surface area (Å²) < 4.78 is 0. The highest BCUT2D eigenvalue weighted by Gasteiger charge is 2.61. The monoisotopic (exact) mass is 538 g/mol. The number of carbonyl (C=O) groups is 6.